The van der Waals surface area contributed by atoms with Crippen molar-refractivity contribution in [2.45, 2.75) is 6.42 Å². The zero-order chi connectivity index (χ0) is 14.8. The maximum atomic E-state index is 12.1. The standard InChI is InChI=1S/C17H15BrN2O/c1-20-15-8-7-13(18)11-14(15)17(19-10-9-16(20)21)12-5-3-2-4-6-12/h2-8,11H,9-10H2,1H3. The van der Waals surface area contributed by atoms with Crippen LogP contribution in [0.3, 0.4) is 0 Å². The molecule has 2 aromatic rings. The van der Waals surface area contributed by atoms with Crippen LogP contribution in [0, 0.1) is 0 Å². The number of hydrogen-bond acceptors (Lipinski definition) is 2. The molecule has 106 valence electrons. The van der Waals surface area contributed by atoms with Crippen LogP contribution in [0.2, 0.25) is 0 Å². The van der Waals surface area contributed by atoms with Gasteiger partial charge in [-0.15, -0.1) is 0 Å². The largest absolute Gasteiger partial charge is 0.315 e. The Morgan fingerprint density at radius 1 is 1.14 bits per heavy atom. The fraction of sp³-hybridized carbons (Fsp3) is 0.176. The Kier molecular flexibility index (Phi) is 3.88. The summed E-state index contributed by atoms with van der Waals surface area (Å²) < 4.78 is 0.978. The van der Waals surface area contributed by atoms with E-state index in [9.17, 15) is 4.79 Å². The lowest BCUT2D eigenvalue weighted by Gasteiger charge is -2.24. The van der Waals surface area contributed by atoms with Gasteiger partial charge in [0.15, 0.2) is 0 Å². The van der Waals surface area contributed by atoms with Gasteiger partial charge in [0.1, 0.15) is 0 Å². The molecule has 1 heterocycles. The van der Waals surface area contributed by atoms with Crippen LogP contribution in [0.15, 0.2) is 58.0 Å². The van der Waals surface area contributed by atoms with E-state index in [1.165, 1.54) is 0 Å². The highest BCUT2D eigenvalue weighted by molar-refractivity contribution is 9.10. The molecule has 0 bridgehead atoms. The number of rotatable bonds is 1. The second-order valence-corrected chi connectivity index (χ2v) is 5.88. The Hall–Kier alpha value is -1.94. The number of hydrogen-bond donors (Lipinski definition) is 0. The van der Waals surface area contributed by atoms with Crippen LogP contribution >= 0.6 is 15.9 Å². The summed E-state index contributed by atoms with van der Waals surface area (Å²) in [5.41, 5.74) is 3.88. The Labute approximate surface area is 132 Å². The number of carbonyl (C=O) groups is 1. The number of halogens is 1. The summed E-state index contributed by atoms with van der Waals surface area (Å²) in [6.45, 7) is 0.513. The van der Waals surface area contributed by atoms with Crippen molar-refractivity contribution in [2.24, 2.45) is 4.99 Å². The summed E-state index contributed by atoms with van der Waals surface area (Å²) in [7, 11) is 1.82. The molecular formula is C17H15BrN2O. The van der Waals surface area contributed by atoms with Gasteiger partial charge in [0.2, 0.25) is 5.91 Å². The Balaban J connectivity index is 2.21. The van der Waals surface area contributed by atoms with E-state index < -0.39 is 0 Å². The topological polar surface area (TPSA) is 32.7 Å². The predicted octanol–water partition coefficient (Wildman–Crippen LogP) is 3.65. The molecule has 0 saturated carbocycles. The smallest absolute Gasteiger partial charge is 0.228 e. The van der Waals surface area contributed by atoms with Gasteiger partial charge < -0.3 is 4.90 Å². The van der Waals surface area contributed by atoms with Crippen molar-refractivity contribution in [3.05, 3.63) is 64.1 Å². The van der Waals surface area contributed by atoms with E-state index in [0.29, 0.717) is 13.0 Å². The third-order valence-corrected chi connectivity index (χ3v) is 4.09. The Morgan fingerprint density at radius 2 is 1.90 bits per heavy atom. The molecule has 0 atom stereocenters. The number of amides is 1. The van der Waals surface area contributed by atoms with Crippen molar-refractivity contribution in [2.75, 3.05) is 18.5 Å². The van der Waals surface area contributed by atoms with E-state index in [-0.39, 0.29) is 5.91 Å². The molecule has 4 heteroatoms. The first-order valence-electron chi connectivity index (χ1n) is 6.83. The third kappa shape index (κ3) is 2.76. The molecule has 2 aromatic carbocycles. The minimum Gasteiger partial charge on any atom is -0.315 e. The van der Waals surface area contributed by atoms with Crippen molar-refractivity contribution in [1.29, 1.82) is 0 Å². The first kappa shape index (κ1) is 14.0. The molecule has 21 heavy (non-hydrogen) atoms. The lowest BCUT2D eigenvalue weighted by atomic mass is 9.99. The van der Waals surface area contributed by atoms with Crippen LogP contribution in [-0.2, 0) is 4.79 Å². The fourth-order valence-electron chi connectivity index (χ4n) is 2.48. The summed E-state index contributed by atoms with van der Waals surface area (Å²) in [6, 6.07) is 16.0. The van der Waals surface area contributed by atoms with Gasteiger partial charge in [-0.25, -0.2) is 0 Å². The van der Waals surface area contributed by atoms with Gasteiger partial charge in [-0.05, 0) is 18.2 Å². The molecule has 0 unspecified atom stereocenters. The van der Waals surface area contributed by atoms with Crippen LogP contribution in [0.1, 0.15) is 17.5 Å². The van der Waals surface area contributed by atoms with Gasteiger partial charge in [0.05, 0.1) is 11.4 Å². The van der Waals surface area contributed by atoms with Gasteiger partial charge in [-0.1, -0.05) is 46.3 Å². The van der Waals surface area contributed by atoms with E-state index in [4.69, 9.17) is 0 Å². The Bertz CT molecular complexity index is 710. The highest BCUT2D eigenvalue weighted by Crippen LogP contribution is 2.28. The second kappa shape index (κ2) is 5.82. The number of benzene rings is 2. The van der Waals surface area contributed by atoms with Crippen LogP contribution in [-0.4, -0.2) is 25.2 Å². The van der Waals surface area contributed by atoms with E-state index in [1.54, 1.807) is 4.90 Å². The molecule has 1 aliphatic rings. The molecular weight excluding hydrogens is 328 g/mol. The molecule has 0 aromatic heterocycles. The van der Waals surface area contributed by atoms with Gasteiger partial charge in [-0.2, -0.15) is 0 Å². The SMILES string of the molecule is CN1C(=O)CCN=C(c2ccccc2)c2cc(Br)ccc21. The van der Waals surface area contributed by atoms with Crippen LogP contribution < -0.4 is 4.90 Å². The quantitative estimate of drug-likeness (QED) is 0.778. The minimum absolute atomic E-state index is 0.0921. The molecule has 0 fully saturated rings. The second-order valence-electron chi connectivity index (χ2n) is 4.96. The highest BCUT2D eigenvalue weighted by atomic mass is 79.9. The van der Waals surface area contributed by atoms with Crippen LogP contribution in [0.5, 0.6) is 0 Å². The van der Waals surface area contributed by atoms with Crippen LogP contribution in [0.25, 0.3) is 0 Å². The van der Waals surface area contributed by atoms with Gasteiger partial charge in [0.25, 0.3) is 0 Å². The number of fused-ring (bicyclic) bond motifs is 1. The third-order valence-electron chi connectivity index (χ3n) is 3.59. The lowest BCUT2D eigenvalue weighted by molar-refractivity contribution is -0.118. The number of nitrogens with zero attached hydrogens (tertiary/aromatic N) is 2. The van der Waals surface area contributed by atoms with E-state index in [2.05, 4.69) is 20.9 Å². The molecule has 1 amide bonds. The molecule has 3 rings (SSSR count). The average Bonchev–Trinajstić information content (AvgIpc) is 2.50. The zero-order valence-electron chi connectivity index (χ0n) is 11.7. The monoisotopic (exact) mass is 342 g/mol. The minimum atomic E-state index is 0.0921. The predicted molar refractivity (Wildman–Crippen MR) is 89.1 cm³/mol. The van der Waals surface area contributed by atoms with Gasteiger partial charge in [-0.3, -0.25) is 9.79 Å². The van der Waals surface area contributed by atoms with E-state index in [0.717, 1.165) is 27.0 Å². The summed E-state index contributed by atoms with van der Waals surface area (Å²) in [4.78, 5) is 18.5. The zero-order valence-corrected chi connectivity index (χ0v) is 13.3. The molecule has 0 spiro atoms. The molecule has 0 saturated heterocycles. The van der Waals surface area contributed by atoms with Gasteiger partial charge >= 0.3 is 0 Å². The average molecular weight is 343 g/mol. The summed E-state index contributed by atoms with van der Waals surface area (Å²) in [5, 5.41) is 0. The first-order chi connectivity index (χ1) is 10.2. The van der Waals surface area contributed by atoms with Crippen molar-refractivity contribution in [3.63, 3.8) is 0 Å². The summed E-state index contributed by atoms with van der Waals surface area (Å²) in [5.74, 6) is 0.0921. The fourth-order valence-corrected chi connectivity index (χ4v) is 2.84. The maximum Gasteiger partial charge on any atom is 0.228 e. The molecule has 0 N–H and O–H groups in total. The normalized spacial score (nSPS) is 15.0. The van der Waals surface area contributed by atoms with Crippen molar-refractivity contribution in [3.8, 4) is 0 Å². The van der Waals surface area contributed by atoms with Crippen molar-refractivity contribution >= 4 is 33.2 Å². The lowest BCUT2D eigenvalue weighted by Crippen LogP contribution is -2.30. The molecule has 3 nitrogen and oxygen atoms in total. The molecule has 1 aliphatic heterocycles. The number of aliphatic imine (C=N–C) groups is 1. The first-order valence-corrected chi connectivity index (χ1v) is 7.62. The number of carbonyl (C=O) groups excluding carboxylic acids is 1. The van der Waals surface area contributed by atoms with Gasteiger partial charge in [0, 0.05) is 35.6 Å². The number of anilines is 1. The van der Waals surface area contributed by atoms with E-state index in [1.807, 2.05) is 55.6 Å². The maximum absolute atomic E-state index is 12.1. The Morgan fingerprint density at radius 3 is 2.67 bits per heavy atom. The highest BCUT2D eigenvalue weighted by Gasteiger charge is 2.21. The summed E-state index contributed by atoms with van der Waals surface area (Å²) in [6.07, 6.45) is 0.433. The summed E-state index contributed by atoms with van der Waals surface area (Å²) >= 11 is 3.51. The van der Waals surface area contributed by atoms with Crippen LogP contribution in [0.4, 0.5) is 5.69 Å². The molecule has 0 aliphatic carbocycles. The van der Waals surface area contributed by atoms with E-state index >= 15 is 0 Å². The van der Waals surface area contributed by atoms with Crippen molar-refractivity contribution < 1.29 is 4.79 Å². The van der Waals surface area contributed by atoms with Crippen molar-refractivity contribution in [1.82, 2.24) is 0 Å². The molecule has 0 radical (unpaired) electrons.